The van der Waals surface area contributed by atoms with Gasteiger partial charge in [0.05, 0.1) is 12.7 Å². The van der Waals surface area contributed by atoms with E-state index in [1.807, 2.05) is 4.90 Å². The number of aliphatic hydroxyl groups is 1. The number of aromatic nitrogens is 4. The molecule has 2 aromatic heterocycles. The summed E-state index contributed by atoms with van der Waals surface area (Å²) < 4.78 is 18.9. The molecule has 0 aliphatic carbocycles. The molecule has 3 heterocycles. The van der Waals surface area contributed by atoms with Crippen molar-refractivity contribution >= 4 is 17.1 Å². The minimum Gasteiger partial charge on any atom is -0.423 e. The SMILES string of the molecule is O[C@]1(c2cn[nH]n2)CCCN(c2nc3cc(F)ccc3o2)C1. The van der Waals surface area contributed by atoms with Crippen LogP contribution in [0.15, 0.2) is 28.8 Å². The highest BCUT2D eigenvalue weighted by atomic mass is 19.1. The lowest BCUT2D eigenvalue weighted by molar-refractivity contribution is 0.0164. The predicted octanol–water partition coefficient (Wildman–Crippen LogP) is 1.57. The van der Waals surface area contributed by atoms with Gasteiger partial charge in [0.15, 0.2) is 5.58 Å². The van der Waals surface area contributed by atoms with Gasteiger partial charge in [0.2, 0.25) is 0 Å². The van der Waals surface area contributed by atoms with Crippen molar-refractivity contribution in [2.24, 2.45) is 0 Å². The van der Waals surface area contributed by atoms with Crippen molar-refractivity contribution in [2.75, 3.05) is 18.0 Å². The molecule has 0 unspecified atom stereocenters. The lowest BCUT2D eigenvalue weighted by Crippen LogP contribution is -2.46. The number of β-amino-alcohol motifs (C(OH)–C–C–N with tert-alkyl or cyclic N) is 1. The highest BCUT2D eigenvalue weighted by Crippen LogP contribution is 2.33. The molecule has 1 aromatic carbocycles. The van der Waals surface area contributed by atoms with Crippen molar-refractivity contribution in [3.05, 3.63) is 35.9 Å². The number of aromatic amines is 1. The van der Waals surface area contributed by atoms with Crippen molar-refractivity contribution in [1.29, 1.82) is 0 Å². The summed E-state index contributed by atoms with van der Waals surface area (Å²) >= 11 is 0. The van der Waals surface area contributed by atoms with Gasteiger partial charge in [-0.05, 0) is 25.0 Å². The number of oxazole rings is 1. The Morgan fingerprint density at radius 3 is 3.14 bits per heavy atom. The van der Waals surface area contributed by atoms with Gasteiger partial charge in [-0.25, -0.2) is 4.39 Å². The molecule has 0 spiro atoms. The Hall–Kier alpha value is -2.48. The van der Waals surface area contributed by atoms with Gasteiger partial charge in [0.1, 0.15) is 22.6 Å². The number of nitrogens with zero attached hydrogens (tertiary/aromatic N) is 4. The van der Waals surface area contributed by atoms with Crippen LogP contribution in [0.1, 0.15) is 18.5 Å². The van der Waals surface area contributed by atoms with Crippen LogP contribution in [0, 0.1) is 5.82 Å². The van der Waals surface area contributed by atoms with Crippen LogP contribution in [0.3, 0.4) is 0 Å². The van der Waals surface area contributed by atoms with Crippen molar-refractivity contribution in [3.63, 3.8) is 0 Å². The second-order valence-electron chi connectivity index (χ2n) is 5.52. The molecule has 1 aliphatic rings. The number of anilines is 1. The van der Waals surface area contributed by atoms with E-state index in [0.717, 1.165) is 6.42 Å². The molecule has 0 bridgehead atoms. The number of nitrogens with one attached hydrogen (secondary N) is 1. The highest BCUT2D eigenvalue weighted by molar-refractivity contribution is 5.74. The van der Waals surface area contributed by atoms with Gasteiger partial charge in [-0.3, -0.25) is 0 Å². The van der Waals surface area contributed by atoms with Crippen LogP contribution in [0.2, 0.25) is 0 Å². The van der Waals surface area contributed by atoms with Crippen LogP contribution in [-0.4, -0.2) is 38.6 Å². The number of hydrogen-bond acceptors (Lipinski definition) is 6. The van der Waals surface area contributed by atoms with E-state index < -0.39 is 5.60 Å². The van der Waals surface area contributed by atoms with E-state index in [9.17, 15) is 9.50 Å². The molecule has 1 aliphatic heterocycles. The number of piperidine rings is 1. The Balaban J connectivity index is 1.66. The third-order valence-electron chi connectivity index (χ3n) is 3.97. The Bertz CT molecular complexity index is 803. The zero-order chi connectivity index (χ0) is 15.2. The number of rotatable bonds is 2. The Morgan fingerprint density at radius 2 is 2.32 bits per heavy atom. The van der Waals surface area contributed by atoms with Crippen molar-refractivity contribution in [2.45, 2.75) is 18.4 Å². The topological polar surface area (TPSA) is 91.1 Å². The van der Waals surface area contributed by atoms with E-state index in [1.165, 1.54) is 18.3 Å². The average Bonchev–Trinajstić information content (AvgIpc) is 3.16. The predicted molar refractivity (Wildman–Crippen MR) is 75.7 cm³/mol. The fourth-order valence-electron chi connectivity index (χ4n) is 2.86. The number of halogens is 1. The van der Waals surface area contributed by atoms with E-state index in [2.05, 4.69) is 20.4 Å². The van der Waals surface area contributed by atoms with Gasteiger partial charge >= 0.3 is 0 Å². The number of fused-ring (bicyclic) bond motifs is 1. The van der Waals surface area contributed by atoms with Crippen molar-refractivity contribution < 1.29 is 13.9 Å². The monoisotopic (exact) mass is 303 g/mol. The summed E-state index contributed by atoms with van der Waals surface area (Å²) in [5.41, 5.74) is 0.383. The van der Waals surface area contributed by atoms with Crippen LogP contribution < -0.4 is 4.90 Å². The van der Waals surface area contributed by atoms with Gasteiger partial charge in [-0.2, -0.15) is 20.4 Å². The summed E-state index contributed by atoms with van der Waals surface area (Å²) in [7, 11) is 0. The molecule has 1 fully saturated rings. The molecule has 4 rings (SSSR count). The molecule has 1 saturated heterocycles. The first-order valence-electron chi connectivity index (χ1n) is 7.04. The Morgan fingerprint density at radius 1 is 1.41 bits per heavy atom. The van der Waals surface area contributed by atoms with E-state index in [1.54, 1.807) is 6.07 Å². The molecule has 114 valence electrons. The second kappa shape index (κ2) is 4.77. The third kappa shape index (κ3) is 2.12. The van der Waals surface area contributed by atoms with Gasteiger partial charge in [-0.1, -0.05) is 0 Å². The Kier molecular flexibility index (Phi) is 2.86. The summed E-state index contributed by atoms with van der Waals surface area (Å²) in [6.45, 7) is 1.00. The van der Waals surface area contributed by atoms with Crippen LogP contribution in [0.25, 0.3) is 11.1 Å². The fraction of sp³-hybridized carbons (Fsp3) is 0.357. The maximum absolute atomic E-state index is 13.2. The molecule has 0 saturated carbocycles. The summed E-state index contributed by atoms with van der Waals surface area (Å²) in [5, 5.41) is 21.0. The van der Waals surface area contributed by atoms with Crippen LogP contribution in [0.5, 0.6) is 0 Å². The average molecular weight is 303 g/mol. The first kappa shape index (κ1) is 13.2. The molecular weight excluding hydrogens is 289 g/mol. The van der Waals surface area contributed by atoms with Crippen LogP contribution in [0.4, 0.5) is 10.4 Å². The molecule has 22 heavy (non-hydrogen) atoms. The normalized spacial score (nSPS) is 22.4. The molecule has 0 radical (unpaired) electrons. The molecule has 8 heteroatoms. The van der Waals surface area contributed by atoms with E-state index in [4.69, 9.17) is 4.42 Å². The minimum absolute atomic E-state index is 0.300. The standard InChI is InChI=1S/C14H14FN5O2/c15-9-2-3-11-10(6-9)17-13(22-11)20-5-1-4-14(21,8-20)12-7-16-19-18-12/h2-3,6-7,21H,1,4-5,8H2,(H,16,18,19)/t14-/m1/s1. The molecule has 7 nitrogen and oxygen atoms in total. The van der Waals surface area contributed by atoms with Gasteiger partial charge in [0, 0.05) is 12.6 Å². The lowest BCUT2D eigenvalue weighted by atomic mass is 9.90. The highest BCUT2D eigenvalue weighted by Gasteiger charge is 2.38. The van der Waals surface area contributed by atoms with E-state index in [0.29, 0.717) is 42.3 Å². The van der Waals surface area contributed by atoms with Crippen LogP contribution in [-0.2, 0) is 5.60 Å². The fourth-order valence-corrected chi connectivity index (χ4v) is 2.86. The smallest absolute Gasteiger partial charge is 0.298 e. The van der Waals surface area contributed by atoms with Crippen LogP contribution >= 0.6 is 0 Å². The quantitative estimate of drug-likeness (QED) is 0.747. The van der Waals surface area contributed by atoms with Crippen molar-refractivity contribution in [3.8, 4) is 0 Å². The Labute approximate surface area is 124 Å². The third-order valence-corrected chi connectivity index (χ3v) is 3.97. The van der Waals surface area contributed by atoms with E-state index in [-0.39, 0.29) is 5.82 Å². The zero-order valence-corrected chi connectivity index (χ0v) is 11.7. The first-order valence-corrected chi connectivity index (χ1v) is 7.04. The molecule has 2 N–H and O–H groups in total. The van der Waals surface area contributed by atoms with Gasteiger partial charge in [-0.15, -0.1) is 0 Å². The lowest BCUT2D eigenvalue weighted by Gasteiger charge is -2.37. The zero-order valence-electron chi connectivity index (χ0n) is 11.7. The molecule has 0 amide bonds. The maximum Gasteiger partial charge on any atom is 0.298 e. The molecule has 3 aromatic rings. The van der Waals surface area contributed by atoms with Gasteiger partial charge < -0.3 is 14.4 Å². The number of H-pyrrole nitrogens is 1. The number of benzene rings is 1. The summed E-state index contributed by atoms with van der Waals surface area (Å²) in [6, 6.07) is 4.59. The summed E-state index contributed by atoms with van der Waals surface area (Å²) in [5.74, 6) is -0.356. The summed E-state index contributed by atoms with van der Waals surface area (Å²) in [6.07, 6.45) is 2.87. The number of hydrogen-bond donors (Lipinski definition) is 2. The maximum atomic E-state index is 13.2. The van der Waals surface area contributed by atoms with E-state index >= 15 is 0 Å². The summed E-state index contributed by atoms with van der Waals surface area (Å²) in [4.78, 5) is 6.15. The second-order valence-corrected chi connectivity index (χ2v) is 5.52. The molecular formula is C14H14FN5O2. The van der Waals surface area contributed by atoms with Crippen molar-refractivity contribution in [1.82, 2.24) is 20.4 Å². The van der Waals surface area contributed by atoms with Gasteiger partial charge in [0.25, 0.3) is 6.01 Å². The largest absolute Gasteiger partial charge is 0.423 e. The minimum atomic E-state index is -1.10. The first-order chi connectivity index (χ1) is 10.6. The molecule has 1 atom stereocenters.